The van der Waals surface area contributed by atoms with Gasteiger partial charge in [0.2, 0.25) is 0 Å². The van der Waals surface area contributed by atoms with Crippen molar-refractivity contribution in [2.45, 2.75) is 31.1 Å². The van der Waals surface area contributed by atoms with Crippen LogP contribution in [-0.2, 0) is 0 Å². The number of amides is 1. The quantitative estimate of drug-likeness (QED) is 0.904. The number of hydrogen-bond donors (Lipinski definition) is 1. The van der Waals surface area contributed by atoms with Crippen LogP contribution in [0.25, 0.3) is 0 Å². The summed E-state index contributed by atoms with van der Waals surface area (Å²) in [6.07, 6.45) is 2.08. The maximum atomic E-state index is 13.2. The maximum Gasteiger partial charge on any atom is 0.267 e. The Balaban J connectivity index is 0.00000176. The molecule has 2 heterocycles. The highest BCUT2D eigenvalue weighted by Crippen LogP contribution is 2.28. The highest BCUT2D eigenvalue weighted by molar-refractivity contribution is 5.94. The molecular formula is C16H21ClF2N2O. The first-order valence-electron chi connectivity index (χ1n) is 7.53. The Morgan fingerprint density at radius 2 is 2.00 bits per heavy atom. The first-order valence-corrected chi connectivity index (χ1v) is 7.53. The van der Waals surface area contributed by atoms with E-state index in [1.807, 2.05) is 12.1 Å². The fraction of sp³-hybridized carbons (Fsp3) is 0.562. The van der Waals surface area contributed by atoms with Crippen LogP contribution in [0.2, 0.25) is 0 Å². The van der Waals surface area contributed by atoms with Crippen LogP contribution in [0.3, 0.4) is 0 Å². The van der Waals surface area contributed by atoms with Crippen LogP contribution in [0, 0.1) is 0 Å². The summed E-state index contributed by atoms with van der Waals surface area (Å²) >= 11 is 0. The molecule has 0 radical (unpaired) electrons. The van der Waals surface area contributed by atoms with Gasteiger partial charge in [-0.3, -0.25) is 4.79 Å². The molecule has 3 rings (SSSR count). The van der Waals surface area contributed by atoms with Crippen LogP contribution < -0.4 is 5.32 Å². The van der Waals surface area contributed by atoms with Gasteiger partial charge >= 0.3 is 0 Å². The number of halogens is 3. The first kappa shape index (κ1) is 17.2. The van der Waals surface area contributed by atoms with Gasteiger partial charge in [0.1, 0.15) is 0 Å². The van der Waals surface area contributed by atoms with Gasteiger partial charge in [0.15, 0.2) is 0 Å². The average molecular weight is 331 g/mol. The molecule has 0 spiro atoms. The van der Waals surface area contributed by atoms with Crippen molar-refractivity contribution in [3.63, 3.8) is 0 Å². The van der Waals surface area contributed by atoms with Gasteiger partial charge in [-0.1, -0.05) is 12.1 Å². The predicted molar refractivity (Wildman–Crippen MR) is 84.0 cm³/mol. The van der Waals surface area contributed by atoms with Gasteiger partial charge in [0, 0.05) is 25.1 Å². The number of nitrogens with one attached hydrogen (secondary N) is 1. The van der Waals surface area contributed by atoms with Gasteiger partial charge in [0.25, 0.3) is 11.8 Å². The second kappa shape index (κ2) is 6.92. The fourth-order valence-corrected chi connectivity index (χ4v) is 3.13. The summed E-state index contributed by atoms with van der Waals surface area (Å²) in [5.74, 6) is -2.54. The third-order valence-corrected chi connectivity index (χ3v) is 4.38. The minimum absolute atomic E-state index is 0. The summed E-state index contributed by atoms with van der Waals surface area (Å²) in [5.41, 5.74) is 1.71. The van der Waals surface area contributed by atoms with E-state index in [2.05, 4.69) is 5.32 Å². The predicted octanol–water partition coefficient (Wildman–Crippen LogP) is 3.06. The topological polar surface area (TPSA) is 32.3 Å². The van der Waals surface area contributed by atoms with Gasteiger partial charge < -0.3 is 10.2 Å². The molecule has 3 nitrogen and oxygen atoms in total. The SMILES string of the molecule is Cl.O=C(c1ccc(C2CCCNC2)cc1)N1CCC(F)(F)C1. The van der Waals surface area contributed by atoms with Crippen LogP contribution in [0.5, 0.6) is 0 Å². The summed E-state index contributed by atoms with van der Waals surface area (Å²) in [6, 6.07) is 7.45. The molecule has 0 saturated carbocycles. The van der Waals surface area contributed by atoms with Gasteiger partial charge in [-0.2, -0.15) is 0 Å². The molecule has 2 saturated heterocycles. The van der Waals surface area contributed by atoms with Gasteiger partial charge in [-0.05, 0) is 43.0 Å². The van der Waals surface area contributed by atoms with E-state index in [0.717, 1.165) is 25.9 Å². The van der Waals surface area contributed by atoms with Crippen LogP contribution in [0.15, 0.2) is 24.3 Å². The van der Waals surface area contributed by atoms with E-state index in [0.29, 0.717) is 11.5 Å². The Bertz CT molecular complexity index is 515. The highest BCUT2D eigenvalue weighted by Gasteiger charge is 2.40. The standard InChI is InChI=1S/C16H20F2N2O.ClH/c17-16(18)7-9-20(11-16)15(21)13-5-3-12(4-6-13)14-2-1-8-19-10-14;/h3-6,14,19H,1-2,7-11H2;1H. The third-order valence-electron chi connectivity index (χ3n) is 4.38. The summed E-state index contributed by atoms with van der Waals surface area (Å²) in [7, 11) is 0. The maximum absolute atomic E-state index is 13.2. The zero-order valence-electron chi connectivity index (χ0n) is 12.4. The zero-order valence-corrected chi connectivity index (χ0v) is 13.2. The lowest BCUT2D eigenvalue weighted by Gasteiger charge is -2.23. The van der Waals surface area contributed by atoms with Crippen molar-refractivity contribution in [1.82, 2.24) is 10.2 Å². The lowest BCUT2D eigenvalue weighted by Crippen LogP contribution is -2.31. The van der Waals surface area contributed by atoms with Crippen LogP contribution in [-0.4, -0.2) is 42.9 Å². The van der Waals surface area contributed by atoms with E-state index in [1.54, 1.807) is 12.1 Å². The number of hydrogen-bond acceptors (Lipinski definition) is 2. The Kier molecular flexibility index (Phi) is 5.40. The van der Waals surface area contributed by atoms with Crippen molar-refractivity contribution < 1.29 is 13.6 Å². The molecule has 1 N–H and O–H groups in total. The molecule has 0 aromatic heterocycles. The molecule has 22 heavy (non-hydrogen) atoms. The van der Waals surface area contributed by atoms with Crippen molar-refractivity contribution in [2.75, 3.05) is 26.2 Å². The Hall–Kier alpha value is -1.20. The molecule has 2 aliphatic rings. The largest absolute Gasteiger partial charge is 0.332 e. The third kappa shape index (κ3) is 3.76. The Morgan fingerprint density at radius 3 is 2.55 bits per heavy atom. The molecular weight excluding hydrogens is 310 g/mol. The number of carbonyl (C=O) groups excluding carboxylic acids is 1. The van der Waals surface area contributed by atoms with Crippen molar-refractivity contribution >= 4 is 18.3 Å². The lowest BCUT2D eigenvalue weighted by molar-refractivity contribution is 0.0120. The average Bonchev–Trinajstić information content (AvgIpc) is 2.88. The molecule has 2 aliphatic heterocycles. The van der Waals surface area contributed by atoms with Gasteiger partial charge in [0.05, 0.1) is 6.54 Å². The minimum atomic E-state index is -2.73. The molecule has 0 aliphatic carbocycles. The van der Waals surface area contributed by atoms with Crippen molar-refractivity contribution in [1.29, 1.82) is 0 Å². The first-order chi connectivity index (χ1) is 10.1. The number of piperidine rings is 1. The van der Waals surface area contributed by atoms with Crippen LogP contribution in [0.1, 0.15) is 41.1 Å². The van der Waals surface area contributed by atoms with Crippen LogP contribution in [0.4, 0.5) is 8.78 Å². The Morgan fingerprint density at radius 1 is 1.27 bits per heavy atom. The molecule has 1 aromatic rings. The van der Waals surface area contributed by atoms with Crippen molar-refractivity contribution in [3.8, 4) is 0 Å². The smallest absolute Gasteiger partial charge is 0.267 e. The number of carbonyl (C=O) groups is 1. The molecule has 1 atom stereocenters. The molecule has 1 amide bonds. The van der Waals surface area contributed by atoms with E-state index >= 15 is 0 Å². The van der Waals surface area contributed by atoms with E-state index in [1.165, 1.54) is 10.5 Å². The highest BCUT2D eigenvalue weighted by atomic mass is 35.5. The molecule has 2 fully saturated rings. The lowest BCUT2D eigenvalue weighted by atomic mass is 9.91. The number of rotatable bonds is 2. The summed E-state index contributed by atoms with van der Waals surface area (Å²) < 4.78 is 26.4. The number of likely N-dealkylation sites (tertiary alicyclic amines) is 1. The van der Waals surface area contributed by atoms with Crippen molar-refractivity contribution in [2.24, 2.45) is 0 Å². The molecule has 1 aromatic carbocycles. The zero-order chi connectivity index (χ0) is 14.9. The molecule has 0 bridgehead atoms. The summed E-state index contributed by atoms with van der Waals surface area (Å²) in [5, 5.41) is 3.37. The second-order valence-corrected chi connectivity index (χ2v) is 6.00. The number of benzene rings is 1. The summed E-state index contributed by atoms with van der Waals surface area (Å²) in [4.78, 5) is 13.4. The van der Waals surface area contributed by atoms with E-state index in [4.69, 9.17) is 0 Å². The molecule has 122 valence electrons. The second-order valence-electron chi connectivity index (χ2n) is 6.00. The normalized spacial score (nSPS) is 23.9. The number of nitrogens with zero attached hydrogens (tertiary/aromatic N) is 1. The van der Waals surface area contributed by atoms with E-state index < -0.39 is 12.5 Å². The molecule has 1 unspecified atom stereocenters. The van der Waals surface area contributed by atoms with E-state index in [-0.39, 0.29) is 31.3 Å². The van der Waals surface area contributed by atoms with Crippen LogP contribution >= 0.6 is 12.4 Å². The monoisotopic (exact) mass is 330 g/mol. The van der Waals surface area contributed by atoms with Gasteiger partial charge in [-0.25, -0.2) is 8.78 Å². The van der Waals surface area contributed by atoms with Crippen molar-refractivity contribution in [3.05, 3.63) is 35.4 Å². The minimum Gasteiger partial charge on any atom is -0.332 e. The van der Waals surface area contributed by atoms with E-state index in [9.17, 15) is 13.6 Å². The van der Waals surface area contributed by atoms with Gasteiger partial charge in [-0.15, -0.1) is 12.4 Å². The molecule has 6 heteroatoms. The number of alkyl halides is 2. The Labute approximate surface area is 135 Å². The summed E-state index contributed by atoms with van der Waals surface area (Å²) in [6.45, 7) is 1.71. The fourth-order valence-electron chi connectivity index (χ4n) is 3.13.